The first kappa shape index (κ1) is 18.0. The Morgan fingerprint density at radius 2 is 1.90 bits per heavy atom. The molecule has 5 nitrogen and oxygen atoms in total. The fourth-order valence-corrected chi connectivity index (χ4v) is 3.04. The highest BCUT2D eigenvalue weighted by Crippen LogP contribution is 2.36. The summed E-state index contributed by atoms with van der Waals surface area (Å²) in [6, 6.07) is -0.383. The van der Waals surface area contributed by atoms with Crippen LogP contribution >= 0.6 is 0 Å². The summed E-state index contributed by atoms with van der Waals surface area (Å²) in [4.78, 5) is 25.7. The Morgan fingerprint density at radius 3 is 2.38 bits per heavy atom. The monoisotopic (exact) mass is 299 g/mol. The fourth-order valence-electron chi connectivity index (χ4n) is 3.04. The van der Waals surface area contributed by atoms with Gasteiger partial charge in [0.15, 0.2) is 6.10 Å². The Balaban J connectivity index is 2.93. The van der Waals surface area contributed by atoms with E-state index in [9.17, 15) is 14.7 Å². The molecule has 2 atom stereocenters. The molecule has 1 fully saturated rings. The Kier molecular flexibility index (Phi) is 6.20. The highest BCUT2D eigenvalue weighted by molar-refractivity contribution is 5.81. The van der Waals surface area contributed by atoms with Gasteiger partial charge in [0.05, 0.1) is 6.04 Å². The third kappa shape index (κ3) is 4.43. The van der Waals surface area contributed by atoms with Gasteiger partial charge in [-0.05, 0) is 32.6 Å². The van der Waals surface area contributed by atoms with Crippen molar-refractivity contribution in [2.24, 2.45) is 5.92 Å². The minimum Gasteiger partial charge on any atom is -0.479 e. The molecule has 122 valence electrons. The van der Waals surface area contributed by atoms with Gasteiger partial charge in [0.25, 0.3) is 0 Å². The van der Waals surface area contributed by atoms with Crippen LogP contribution in [0.25, 0.3) is 0 Å². The van der Waals surface area contributed by atoms with E-state index >= 15 is 0 Å². The SMILES string of the molecule is CCCCCC(=O)N1C(CC(C)C)C(C(=O)O)OC1(C)C. The lowest BCUT2D eigenvalue weighted by atomic mass is 9.97. The van der Waals surface area contributed by atoms with Gasteiger partial charge in [-0.25, -0.2) is 4.79 Å². The summed E-state index contributed by atoms with van der Waals surface area (Å²) < 4.78 is 5.67. The van der Waals surface area contributed by atoms with E-state index in [0.29, 0.717) is 18.8 Å². The first-order valence-corrected chi connectivity index (χ1v) is 7.93. The molecule has 21 heavy (non-hydrogen) atoms. The van der Waals surface area contributed by atoms with Gasteiger partial charge >= 0.3 is 5.97 Å². The van der Waals surface area contributed by atoms with Gasteiger partial charge in [0, 0.05) is 6.42 Å². The van der Waals surface area contributed by atoms with Crippen LogP contribution in [0.15, 0.2) is 0 Å². The smallest absolute Gasteiger partial charge is 0.335 e. The van der Waals surface area contributed by atoms with Crippen LogP contribution in [-0.4, -0.2) is 39.8 Å². The number of carbonyl (C=O) groups is 2. The second kappa shape index (κ2) is 7.25. The number of carbonyl (C=O) groups excluding carboxylic acids is 1. The van der Waals surface area contributed by atoms with E-state index in [1.807, 2.05) is 13.8 Å². The number of hydrogen-bond donors (Lipinski definition) is 1. The van der Waals surface area contributed by atoms with Crippen molar-refractivity contribution in [3.63, 3.8) is 0 Å². The molecule has 0 radical (unpaired) electrons. The van der Waals surface area contributed by atoms with Gasteiger partial charge < -0.3 is 14.7 Å². The van der Waals surface area contributed by atoms with Crippen LogP contribution in [0.3, 0.4) is 0 Å². The summed E-state index contributed by atoms with van der Waals surface area (Å²) >= 11 is 0. The number of aliphatic carboxylic acids is 1. The second-order valence-electron chi connectivity index (χ2n) is 6.74. The van der Waals surface area contributed by atoms with Crippen LogP contribution in [0, 0.1) is 5.92 Å². The lowest BCUT2D eigenvalue weighted by molar-refractivity contribution is -0.159. The first-order chi connectivity index (χ1) is 9.70. The van der Waals surface area contributed by atoms with Crippen LogP contribution in [0.5, 0.6) is 0 Å². The molecule has 1 aliphatic rings. The molecule has 0 aliphatic carbocycles. The lowest BCUT2D eigenvalue weighted by Gasteiger charge is -2.34. The largest absolute Gasteiger partial charge is 0.479 e. The van der Waals surface area contributed by atoms with Crippen LogP contribution in [0.1, 0.15) is 66.7 Å². The molecule has 0 bridgehead atoms. The number of amides is 1. The number of hydrogen-bond acceptors (Lipinski definition) is 3. The summed E-state index contributed by atoms with van der Waals surface area (Å²) in [5.41, 5.74) is -0.855. The Labute approximate surface area is 127 Å². The Morgan fingerprint density at radius 1 is 1.29 bits per heavy atom. The molecule has 1 rings (SSSR count). The summed E-state index contributed by atoms with van der Waals surface area (Å²) in [5, 5.41) is 9.38. The molecule has 1 heterocycles. The lowest BCUT2D eigenvalue weighted by Crippen LogP contribution is -2.49. The van der Waals surface area contributed by atoms with E-state index < -0.39 is 17.8 Å². The zero-order valence-corrected chi connectivity index (χ0v) is 13.9. The highest BCUT2D eigenvalue weighted by atomic mass is 16.6. The van der Waals surface area contributed by atoms with Crippen LogP contribution in [0.2, 0.25) is 0 Å². The molecule has 5 heteroatoms. The van der Waals surface area contributed by atoms with Gasteiger partial charge in [-0.2, -0.15) is 0 Å². The van der Waals surface area contributed by atoms with E-state index in [1.165, 1.54) is 0 Å². The van der Waals surface area contributed by atoms with Crippen molar-refractivity contribution < 1.29 is 19.4 Å². The molecule has 0 aromatic heterocycles. The molecule has 1 amide bonds. The normalized spacial score (nSPS) is 24.6. The van der Waals surface area contributed by atoms with E-state index in [-0.39, 0.29) is 11.9 Å². The Bertz CT molecular complexity index is 378. The third-order valence-corrected chi connectivity index (χ3v) is 3.90. The van der Waals surface area contributed by atoms with Crippen molar-refractivity contribution in [1.29, 1.82) is 0 Å². The van der Waals surface area contributed by atoms with Crippen LogP contribution in [-0.2, 0) is 14.3 Å². The Hall–Kier alpha value is -1.10. The molecular weight excluding hydrogens is 270 g/mol. The van der Waals surface area contributed by atoms with Crippen molar-refractivity contribution in [3.05, 3.63) is 0 Å². The second-order valence-corrected chi connectivity index (χ2v) is 6.74. The van der Waals surface area contributed by atoms with Crippen LogP contribution < -0.4 is 0 Å². The summed E-state index contributed by atoms with van der Waals surface area (Å²) in [7, 11) is 0. The maximum Gasteiger partial charge on any atom is 0.335 e. The van der Waals surface area contributed by atoms with Crippen molar-refractivity contribution in [3.8, 4) is 0 Å². The topological polar surface area (TPSA) is 66.8 Å². The minimum atomic E-state index is -0.988. The van der Waals surface area contributed by atoms with Crippen molar-refractivity contribution >= 4 is 11.9 Å². The number of rotatable bonds is 7. The molecule has 1 saturated heterocycles. The molecular formula is C16H29NO4. The maximum absolute atomic E-state index is 12.5. The quantitative estimate of drug-likeness (QED) is 0.734. The molecule has 1 N–H and O–H groups in total. The minimum absolute atomic E-state index is 0.00264. The summed E-state index contributed by atoms with van der Waals surface area (Å²) in [6.45, 7) is 9.71. The predicted octanol–water partition coefficient (Wildman–Crippen LogP) is 3.03. The van der Waals surface area contributed by atoms with E-state index in [0.717, 1.165) is 19.3 Å². The van der Waals surface area contributed by atoms with E-state index in [2.05, 4.69) is 6.92 Å². The number of carboxylic acid groups (broad SMARTS) is 1. The molecule has 0 aromatic rings. The summed E-state index contributed by atoms with van der Waals surface area (Å²) in [5.74, 6) is -0.680. The zero-order valence-electron chi connectivity index (χ0n) is 13.9. The molecule has 1 aliphatic heterocycles. The fraction of sp³-hybridized carbons (Fsp3) is 0.875. The summed E-state index contributed by atoms with van der Waals surface area (Å²) in [6.07, 6.45) is 3.08. The van der Waals surface area contributed by atoms with Gasteiger partial charge in [0.2, 0.25) is 5.91 Å². The van der Waals surface area contributed by atoms with E-state index in [1.54, 1.807) is 18.7 Å². The zero-order chi connectivity index (χ0) is 16.2. The molecule has 2 unspecified atom stereocenters. The number of ether oxygens (including phenoxy) is 1. The maximum atomic E-state index is 12.5. The van der Waals surface area contributed by atoms with Gasteiger partial charge in [-0.3, -0.25) is 4.79 Å². The van der Waals surface area contributed by atoms with Gasteiger partial charge in [-0.15, -0.1) is 0 Å². The number of carboxylic acids is 1. The van der Waals surface area contributed by atoms with E-state index in [4.69, 9.17) is 4.74 Å². The average Bonchev–Trinajstić information content (AvgIpc) is 2.60. The number of nitrogens with zero attached hydrogens (tertiary/aromatic N) is 1. The average molecular weight is 299 g/mol. The molecule has 0 aromatic carbocycles. The molecule has 0 saturated carbocycles. The van der Waals surface area contributed by atoms with Crippen molar-refractivity contribution in [2.45, 2.75) is 84.6 Å². The van der Waals surface area contributed by atoms with Crippen LogP contribution in [0.4, 0.5) is 0 Å². The van der Waals surface area contributed by atoms with Gasteiger partial charge in [-0.1, -0.05) is 33.6 Å². The van der Waals surface area contributed by atoms with Gasteiger partial charge in [0.1, 0.15) is 5.72 Å². The predicted molar refractivity (Wildman–Crippen MR) is 80.8 cm³/mol. The van der Waals surface area contributed by atoms with Crippen molar-refractivity contribution in [2.75, 3.05) is 0 Å². The number of unbranched alkanes of at least 4 members (excludes halogenated alkanes) is 2. The van der Waals surface area contributed by atoms with Crippen molar-refractivity contribution in [1.82, 2.24) is 4.90 Å². The third-order valence-electron chi connectivity index (χ3n) is 3.90. The molecule has 0 spiro atoms. The first-order valence-electron chi connectivity index (χ1n) is 7.93. The highest BCUT2D eigenvalue weighted by Gasteiger charge is 2.52. The standard InChI is InChI=1S/C16H29NO4/c1-6-7-8-9-13(18)17-12(10-11(2)3)14(15(19)20)21-16(17,4)5/h11-12,14H,6-10H2,1-5H3,(H,19,20).